The molecule has 0 aliphatic carbocycles. The van der Waals surface area contributed by atoms with Gasteiger partial charge in [-0.15, -0.1) is 12.4 Å². The Morgan fingerprint density at radius 2 is 2.17 bits per heavy atom. The first-order chi connectivity index (χ1) is 8.02. The maximum absolute atomic E-state index is 11.3. The summed E-state index contributed by atoms with van der Waals surface area (Å²) in [6.07, 6.45) is 0.354. The Morgan fingerprint density at radius 3 is 2.67 bits per heavy atom. The number of rotatable bonds is 5. The van der Waals surface area contributed by atoms with Gasteiger partial charge in [-0.25, -0.2) is 0 Å². The molecule has 1 aromatic carbocycles. The van der Waals surface area contributed by atoms with Gasteiger partial charge in [-0.3, -0.25) is 4.79 Å². The molecule has 1 amide bonds. The summed E-state index contributed by atoms with van der Waals surface area (Å²) >= 11 is 6.03. The van der Waals surface area contributed by atoms with Gasteiger partial charge in [-0.05, 0) is 32.0 Å². The highest BCUT2D eigenvalue weighted by atomic mass is 35.5. The molecule has 0 bridgehead atoms. The molecule has 3 N–H and O–H groups in total. The molecule has 18 heavy (non-hydrogen) atoms. The summed E-state index contributed by atoms with van der Waals surface area (Å²) in [6, 6.07) is 5.14. The molecule has 0 radical (unpaired) electrons. The number of halogens is 2. The molecule has 0 fully saturated rings. The predicted octanol–water partition coefficient (Wildman–Crippen LogP) is 2.84. The Morgan fingerprint density at radius 1 is 1.50 bits per heavy atom. The van der Waals surface area contributed by atoms with Crippen LogP contribution in [0.5, 0.6) is 5.75 Å². The molecule has 0 aliphatic rings. The first-order valence-electron chi connectivity index (χ1n) is 5.49. The quantitative estimate of drug-likeness (QED) is 0.877. The summed E-state index contributed by atoms with van der Waals surface area (Å²) in [6.45, 7) is 4.18. The molecule has 0 heterocycles. The Labute approximate surface area is 118 Å². The lowest BCUT2D eigenvalue weighted by molar-refractivity contribution is -0.116. The minimum absolute atomic E-state index is 0. The smallest absolute Gasteiger partial charge is 0.225 e. The van der Waals surface area contributed by atoms with Crippen LogP contribution >= 0.6 is 24.0 Å². The van der Waals surface area contributed by atoms with Crippen LogP contribution in [0, 0.1) is 0 Å². The van der Waals surface area contributed by atoms with Crippen molar-refractivity contribution in [1.82, 2.24) is 0 Å². The number of carbonyl (C=O) groups excluding carboxylic acids is 1. The molecule has 4 nitrogen and oxygen atoms in total. The minimum atomic E-state index is -0.124. The third-order valence-electron chi connectivity index (χ3n) is 1.95. The van der Waals surface area contributed by atoms with Crippen molar-refractivity contribution >= 4 is 35.6 Å². The van der Waals surface area contributed by atoms with Gasteiger partial charge >= 0.3 is 0 Å². The highest BCUT2D eigenvalue weighted by Crippen LogP contribution is 2.28. The maximum Gasteiger partial charge on any atom is 0.225 e. The van der Waals surface area contributed by atoms with Gasteiger partial charge in [0, 0.05) is 18.7 Å². The monoisotopic (exact) mass is 292 g/mol. The molecule has 0 saturated carbocycles. The molecule has 1 rings (SSSR count). The topological polar surface area (TPSA) is 64.3 Å². The van der Waals surface area contributed by atoms with Crippen molar-refractivity contribution in [3.63, 3.8) is 0 Å². The third kappa shape index (κ3) is 5.58. The highest BCUT2D eigenvalue weighted by Gasteiger charge is 2.06. The maximum atomic E-state index is 11.3. The normalized spacial score (nSPS) is 9.83. The molecule has 0 unspecified atom stereocenters. The Hall–Kier alpha value is -0.970. The number of nitrogens with two attached hydrogens (primary N) is 1. The molecule has 1 aromatic rings. The minimum Gasteiger partial charge on any atom is -0.489 e. The zero-order chi connectivity index (χ0) is 12.8. The van der Waals surface area contributed by atoms with Crippen LogP contribution in [0.15, 0.2) is 18.2 Å². The van der Waals surface area contributed by atoms with E-state index in [1.165, 1.54) is 0 Å². The summed E-state index contributed by atoms with van der Waals surface area (Å²) in [5, 5.41) is 3.18. The number of anilines is 1. The summed E-state index contributed by atoms with van der Waals surface area (Å²) in [5.74, 6) is 0.486. The first-order valence-corrected chi connectivity index (χ1v) is 5.87. The molecule has 6 heteroatoms. The third-order valence-corrected chi connectivity index (χ3v) is 2.25. The fourth-order valence-corrected chi connectivity index (χ4v) is 1.51. The lowest BCUT2D eigenvalue weighted by atomic mass is 10.3. The molecular weight excluding hydrogens is 275 g/mol. The van der Waals surface area contributed by atoms with Crippen LogP contribution in [0.4, 0.5) is 5.69 Å². The molecule has 0 aromatic heterocycles. The van der Waals surface area contributed by atoms with Crippen LogP contribution < -0.4 is 15.8 Å². The SMILES string of the molecule is CC(C)Oc1ccc(NC(=O)CCN)cc1Cl.Cl. The van der Waals surface area contributed by atoms with E-state index in [1.807, 2.05) is 13.8 Å². The predicted molar refractivity (Wildman–Crippen MR) is 76.8 cm³/mol. The molecule has 0 aliphatic heterocycles. The van der Waals surface area contributed by atoms with Gasteiger partial charge in [0.15, 0.2) is 0 Å². The van der Waals surface area contributed by atoms with E-state index in [2.05, 4.69) is 5.32 Å². The van der Waals surface area contributed by atoms with E-state index in [4.69, 9.17) is 22.1 Å². The summed E-state index contributed by atoms with van der Waals surface area (Å²) in [4.78, 5) is 11.3. The number of hydrogen-bond donors (Lipinski definition) is 2. The molecule has 0 spiro atoms. The van der Waals surface area contributed by atoms with Crippen LogP contribution in [0.3, 0.4) is 0 Å². The Balaban J connectivity index is 0.00000289. The molecular formula is C12H18Cl2N2O2. The van der Waals surface area contributed by atoms with Crippen LogP contribution in [-0.2, 0) is 4.79 Å². The summed E-state index contributed by atoms with van der Waals surface area (Å²) < 4.78 is 5.49. The highest BCUT2D eigenvalue weighted by molar-refractivity contribution is 6.32. The van der Waals surface area contributed by atoms with Crippen LogP contribution in [0.25, 0.3) is 0 Å². The van der Waals surface area contributed by atoms with Crippen molar-refractivity contribution in [3.05, 3.63) is 23.2 Å². The van der Waals surface area contributed by atoms with Crippen molar-refractivity contribution in [2.45, 2.75) is 26.4 Å². The van der Waals surface area contributed by atoms with Gasteiger partial charge in [0.2, 0.25) is 5.91 Å². The standard InChI is InChI=1S/C12H17ClN2O2.ClH/c1-8(2)17-11-4-3-9(7-10(11)13)15-12(16)5-6-14;/h3-4,7-8H,5-6,14H2,1-2H3,(H,15,16);1H. The van der Waals surface area contributed by atoms with Gasteiger partial charge < -0.3 is 15.8 Å². The second-order valence-electron chi connectivity index (χ2n) is 3.90. The number of amides is 1. The zero-order valence-electron chi connectivity index (χ0n) is 10.4. The van der Waals surface area contributed by atoms with E-state index in [1.54, 1.807) is 18.2 Å². The molecule has 102 valence electrons. The van der Waals surface area contributed by atoms with Crippen molar-refractivity contribution in [1.29, 1.82) is 0 Å². The van der Waals surface area contributed by atoms with E-state index >= 15 is 0 Å². The van der Waals surface area contributed by atoms with Crippen molar-refractivity contribution in [2.75, 3.05) is 11.9 Å². The number of benzene rings is 1. The van der Waals surface area contributed by atoms with E-state index in [0.717, 1.165) is 0 Å². The number of ether oxygens (including phenoxy) is 1. The van der Waals surface area contributed by atoms with Crippen molar-refractivity contribution < 1.29 is 9.53 Å². The fourth-order valence-electron chi connectivity index (χ4n) is 1.28. The average molecular weight is 293 g/mol. The lowest BCUT2D eigenvalue weighted by Crippen LogP contribution is -2.16. The Bertz CT molecular complexity index is 398. The van der Waals surface area contributed by atoms with Gasteiger partial charge in [-0.1, -0.05) is 11.6 Å². The van der Waals surface area contributed by atoms with Crippen LogP contribution in [0.2, 0.25) is 5.02 Å². The molecule has 0 saturated heterocycles. The van der Waals surface area contributed by atoms with Crippen LogP contribution in [0.1, 0.15) is 20.3 Å². The number of nitrogens with one attached hydrogen (secondary N) is 1. The van der Waals surface area contributed by atoms with E-state index in [0.29, 0.717) is 29.4 Å². The van der Waals surface area contributed by atoms with E-state index in [9.17, 15) is 4.79 Å². The van der Waals surface area contributed by atoms with Gasteiger partial charge in [-0.2, -0.15) is 0 Å². The second-order valence-corrected chi connectivity index (χ2v) is 4.31. The second kappa shape index (κ2) is 8.19. The largest absolute Gasteiger partial charge is 0.489 e. The summed E-state index contributed by atoms with van der Waals surface area (Å²) in [5.41, 5.74) is 5.93. The van der Waals surface area contributed by atoms with Crippen molar-refractivity contribution in [3.8, 4) is 5.75 Å². The number of hydrogen-bond acceptors (Lipinski definition) is 3. The van der Waals surface area contributed by atoms with Crippen molar-refractivity contribution in [2.24, 2.45) is 5.73 Å². The molecule has 0 atom stereocenters. The van der Waals surface area contributed by atoms with Gasteiger partial charge in [0.25, 0.3) is 0 Å². The van der Waals surface area contributed by atoms with Gasteiger partial charge in [0.05, 0.1) is 11.1 Å². The summed E-state index contributed by atoms with van der Waals surface area (Å²) in [7, 11) is 0. The lowest BCUT2D eigenvalue weighted by Gasteiger charge is -2.12. The van der Waals surface area contributed by atoms with E-state index in [-0.39, 0.29) is 24.4 Å². The fraction of sp³-hybridized carbons (Fsp3) is 0.417. The zero-order valence-corrected chi connectivity index (χ0v) is 12.0. The van der Waals surface area contributed by atoms with E-state index < -0.39 is 0 Å². The first kappa shape index (κ1) is 17.0. The van der Waals surface area contributed by atoms with Crippen LogP contribution in [-0.4, -0.2) is 18.6 Å². The number of carbonyl (C=O) groups is 1. The van der Waals surface area contributed by atoms with Gasteiger partial charge in [0.1, 0.15) is 5.75 Å². The average Bonchev–Trinajstić information content (AvgIpc) is 2.22. The Kier molecular flexibility index (Phi) is 7.75.